The number of carboxylic acid groups (broad SMARTS) is 1. The van der Waals surface area contributed by atoms with Crippen LogP contribution in [0.5, 0.6) is 5.75 Å². The molecule has 0 radical (unpaired) electrons. The molecule has 1 heterocycles. The fourth-order valence-electron chi connectivity index (χ4n) is 6.59. The first kappa shape index (κ1) is 51.2. The number of hydrogen-bond donors (Lipinski definition) is 6. The van der Waals surface area contributed by atoms with Crippen molar-refractivity contribution in [2.24, 2.45) is 17.8 Å². The number of ether oxygens (including phenoxy) is 4. The largest absolute Gasteiger partial charge is 0.497 e. The second-order valence-corrected chi connectivity index (χ2v) is 17.1. The number of hydrogen-bond acceptors (Lipinski definition) is 13. The lowest BCUT2D eigenvalue weighted by Crippen LogP contribution is -2.57. The molecule has 18 heteroatoms. The van der Waals surface area contributed by atoms with E-state index in [0.29, 0.717) is 18.6 Å². The Balaban J connectivity index is 2.19. The lowest BCUT2D eigenvalue weighted by molar-refractivity contribution is -0.162. The minimum absolute atomic E-state index is 0.0511. The first-order valence-corrected chi connectivity index (χ1v) is 20.5. The van der Waals surface area contributed by atoms with Gasteiger partial charge >= 0.3 is 24.0 Å². The molecule has 6 N–H and O–H groups in total. The van der Waals surface area contributed by atoms with Gasteiger partial charge in [0.15, 0.2) is 6.10 Å². The predicted molar refractivity (Wildman–Crippen MR) is 220 cm³/mol. The number of carboxylic acids is 1. The number of methoxy groups -OCH3 is 1. The number of alkyl carbamates (subject to hydrolysis) is 1. The van der Waals surface area contributed by atoms with Crippen LogP contribution in [0.25, 0.3) is 0 Å². The molecule has 1 aliphatic heterocycles. The van der Waals surface area contributed by atoms with Gasteiger partial charge in [0, 0.05) is 6.54 Å². The molecule has 1 aromatic carbocycles. The highest BCUT2D eigenvalue weighted by molar-refractivity contribution is 5.93. The first-order chi connectivity index (χ1) is 28.0. The summed E-state index contributed by atoms with van der Waals surface area (Å²) >= 11 is 0. The third-order valence-electron chi connectivity index (χ3n) is 9.71. The molecule has 0 saturated carbocycles. The highest BCUT2D eigenvalue weighted by Crippen LogP contribution is 2.22. The summed E-state index contributed by atoms with van der Waals surface area (Å²) in [5.74, 6) is -5.40. The number of aliphatic hydroxyl groups is 1. The average Bonchev–Trinajstić information content (AvgIpc) is 3.65. The summed E-state index contributed by atoms with van der Waals surface area (Å²) in [6.45, 7) is 14.8. The second kappa shape index (κ2) is 23.7. The van der Waals surface area contributed by atoms with E-state index in [1.807, 2.05) is 13.8 Å². The Morgan fingerprint density at radius 1 is 0.867 bits per heavy atom. The van der Waals surface area contributed by atoms with Crippen LogP contribution >= 0.6 is 0 Å². The summed E-state index contributed by atoms with van der Waals surface area (Å²) in [5.41, 5.74) is -0.124. The number of benzene rings is 1. The molecule has 7 atom stereocenters. The first-order valence-electron chi connectivity index (χ1n) is 20.5. The molecule has 0 unspecified atom stereocenters. The molecule has 4 amide bonds. The number of esters is 2. The maximum absolute atomic E-state index is 13.8. The number of carbonyl (C=O) groups excluding carboxylic acids is 6. The van der Waals surface area contributed by atoms with Crippen LogP contribution < -0.4 is 26.0 Å². The molecule has 1 aromatic rings. The maximum atomic E-state index is 13.8. The topological polar surface area (TPSA) is 248 Å². The fraction of sp³-hybridized carbons (Fsp3) is 0.690. The van der Waals surface area contributed by atoms with E-state index in [4.69, 9.17) is 18.9 Å². The van der Waals surface area contributed by atoms with Gasteiger partial charge in [-0.1, -0.05) is 53.7 Å². The molecule has 1 saturated heterocycles. The summed E-state index contributed by atoms with van der Waals surface area (Å²) in [6, 6.07) is 1.64. The zero-order valence-corrected chi connectivity index (χ0v) is 36.9. The third-order valence-corrected chi connectivity index (χ3v) is 9.71. The van der Waals surface area contributed by atoms with Crippen molar-refractivity contribution in [1.29, 1.82) is 0 Å². The standard InChI is InChI=1S/C42H67N5O13/c1-23(2)19-28(38(52)47-18-12-13-31(47)39(53)54)44-37(51)35(25(5)6)59-33(49)21-32(48)34(24(3)4)46-36(50)30(45-41(56)60-42(7,8)9)22-58-40(55)29(43-10)20-26-14-16-27(57-11)17-15-26/h14-17,23-25,28-32,34-35,43,48H,12-13,18-22H2,1-11H3,(H,44,51)(H,45,56)(H,46,50)(H,53,54)/t28-,29-,30+,31-,32-,34+,35-/m0/s1. The van der Waals surface area contributed by atoms with E-state index in [1.54, 1.807) is 79.8 Å². The van der Waals surface area contributed by atoms with Crippen molar-refractivity contribution in [3.63, 3.8) is 0 Å². The molecular formula is C42H67N5O13. The number of likely N-dealkylation sites (N-methyl/N-ethyl adjacent to an activating group) is 1. The van der Waals surface area contributed by atoms with Crippen molar-refractivity contribution in [3.8, 4) is 5.75 Å². The normalized spacial score (nSPS) is 17.2. The molecule has 0 spiro atoms. The van der Waals surface area contributed by atoms with E-state index in [9.17, 15) is 43.8 Å². The van der Waals surface area contributed by atoms with Crippen LogP contribution in [-0.4, -0.2) is 132 Å². The smallest absolute Gasteiger partial charge is 0.408 e. The van der Waals surface area contributed by atoms with Gasteiger partial charge in [0.05, 0.1) is 25.7 Å². The maximum Gasteiger partial charge on any atom is 0.408 e. The highest BCUT2D eigenvalue weighted by Gasteiger charge is 2.40. The fourth-order valence-corrected chi connectivity index (χ4v) is 6.59. The Labute approximate surface area is 353 Å². The van der Waals surface area contributed by atoms with Gasteiger partial charge < -0.3 is 55.3 Å². The molecule has 0 aromatic heterocycles. The van der Waals surface area contributed by atoms with Crippen molar-refractivity contribution in [2.45, 2.75) is 142 Å². The Hall–Kier alpha value is -4.97. The number of likely N-dealkylation sites (tertiary alicyclic amines) is 1. The molecule has 0 bridgehead atoms. The molecule has 1 aliphatic rings. The zero-order valence-electron chi connectivity index (χ0n) is 36.9. The van der Waals surface area contributed by atoms with Crippen LogP contribution in [0.1, 0.15) is 93.6 Å². The number of nitrogens with zero attached hydrogens (tertiary/aromatic N) is 1. The van der Waals surface area contributed by atoms with Crippen LogP contribution in [0, 0.1) is 17.8 Å². The van der Waals surface area contributed by atoms with E-state index < -0.39 is 115 Å². The number of amides is 4. The van der Waals surface area contributed by atoms with Gasteiger partial charge in [-0.15, -0.1) is 0 Å². The quantitative estimate of drug-likeness (QED) is 0.0725. The highest BCUT2D eigenvalue weighted by atomic mass is 16.6. The Morgan fingerprint density at radius 2 is 1.50 bits per heavy atom. The lowest BCUT2D eigenvalue weighted by atomic mass is 9.95. The van der Waals surface area contributed by atoms with E-state index in [0.717, 1.165) is 5.56 Å². The van der Waals surface area contributed by atoms with Gasteiger partial charge in [0.25, 0.3) is 5.91 Å². The number of nitrogens with one attached hydrogen (secondary N) is 4. The van der Waals surface area contributed by atoms with Crippen molar-refractivity contribution in [1.82, 2.24) is 26.2 Å². The van der Waals surface area contributed by atoms with Gasteiger partial charge in [-0.3, -0.25) is 24.0 Å². The van der Waals surface area contributed by atoms with Crippen molar-refractivity contribution in [2.75, 3.05) is 27.3 Å². The number of aliphatic carboxylic acids is 1. The predicted octanol–water partition coefficient (Wildman–Crippen LogP) is 2.33. The van der Waals surface area contributed by atoms with E-state index in [1.165, 1.54) is 12.0 Å². The van der Waals surface area contributed by atoms with Gasteiger partial charge in [-0.05, 0) is 89.0 Å². The summed E-state index contributed by atoms with van der Waals surface area (Å²) in [6.07, 6.45) is -3.28. The van der Waals surface area contributed by atoms with Crippen molar-refractivity contribution in [3.05, 3.63) is 29.8 Å². The van der Waals surface area contributed by atoms with Crippen LogP contribution in [-0.2, 0) is 49.4 Å². The monoisotopic (exact) mass is 849 g/mol. The Kier molecular flexibility index (Phi) is 20.2. The van der Waals surface area contributed by atoms with Gasteiger partial charge in [0.1, 0.15) is 42.1 Å². The molecule has 18 nitrogen and oxygen atoms in total. The van der Waals surface area contributed by atoms with E-state index in [-0.39, 0.29) is 25.3 Å². The SMILES string of the molecule is CN[C@@H](Cc1ccc(OC)cc1)C(=O)OC[C@@H](NC(=O)OC(C)(C)C)C(=O)N[C@H](C(C)C)[C@@H](O)CC(=O)O[C@H](C(=O)N[C@@H](CC(C)C)C(=O)N1CCC[C@H]1C(=O)O)C(C)C. The van der Waals surface area contributed by atoms with Gasteiger partial charge in [0.2, 0.25) is 11.8 Å². The summed E-state index contributed by atoms with van der Waals surface area (Å²) < 4.78 is 21.6. The third kappa shape index (κ3) is 16.6. The summed E-state index contributed by atoms with van der Waals surface area (Å²) in [5, 5.41) is 31.6. The molecule has 60 heavy (non-hydrogen) atoms. The number of rotatable bonds is 22. The van der Waals surface area contributed by atoms with Crippen LogP contribution in [0.3, 0.4) is 0 Å². The summed E-state index contributed by atoms with van der Waals surface area (Å²) in [7, 11) is 3.12. The molecule has 0 aliphatic carbocycles. The molecule has 1 fully saturated rings. The Bertz CT molecular complexity index is 1610. The molecule has 338 valence electrons. The van der Waals surface area contributed by atoms with Crippen LogP contribution in [0.15, 0.2) is 24.3 Å². The molecule has 2 rings (SSSR count). The Morgan fingerprint density at radius 3 is 2.02 bits per heavy atom. The zero-order chi connectivity index (χ0) is 45.5. The number of carbonyl (C=O) groups is 7. The average molecular weight is 850 g/mol. The van der Waals surface area contributed by atoms with Gasteiger partial charge in [-0.25, -0.2) is 9.59 Å². The molecular weight excluding hydrogens is 782 g/mol. The van der Waals surface area contributed by atoms with E-state index >= 15 is 0 Å². The minimum atomic E-state index is -1.54. The van der Waals surface area contributed by atoms with Gasteiger partial charge in [-0.2, -0.15) is 0 Å². The minimum Gasteiger partial charge on any atom is -0.497 e. The van der Waals surface area contributed by atoms with Crippen molar-refractivity contribution < 1.29 is 62.7 Å². The number of aliphatic hydroxyl groups excluding tert-OH is 1. The van der Waals surface area contributed by atoms with Crippen LogP contribution in [0.4, 0.5) is 4.79 Å². The summed E-state index contributed by atoms with van der Waals surface area (Å²) in [4.78, 5) is 93.2. The van der Waals surface area contributed by atoms with Crippen LogP contribution in [0.2, 0.25) is 0 Å². The second-order valence-electron chi connectivity index (χ2n) is 17.1. The van der Waals surface area contributed by atoms with E-state index in [2.05, 4.69) is 21.3 Å². The lowest BCUT2D eigenvalue weighted by Gasteiger charge is -2.31. The van der Waals surface area contributed by atoms with Crippen molar-refractivity contribution >= 4 is 41.7 Å².